The third kappa shape index (κ3) is 6.04. The van der Waals surface area contributed by atoms with E-state index in [0.717, 1.165) is 20.5 Å². The molecule has 2 aliphatic heterocycles. The highest BCUT2D eigenvalue weighted by atomic mass is 16.6. The SMILES string of the molecule is C[C@H]1[C@@H](c2ccccc2)OC(=O)N1C(=O)[C@@H]1CCCN(C(=O)OC(C)(C)C)N1C(=O)OC(C)(C)C. The fourth-order valence-electron chi connectivity index (χ4n) is 4.10. The Morgan fingerprint density at radius 3 is 2.09 bits per heavy atom. The monoisotopic (exact) mass is 489 g/mol. The van der Waals surface area contributed by atoms with Crippen LogP contribution in [0.5, 0.6) is 0 Å². The Hall–Kier alpha value is -3.30. The van der Waals surface area contributed by atoms with Gasteiger partial charge in [0.05, 0.1) is 6.04 Å². The van der Waals surface area contributed by atoms with Crippen LogP contribution in [0.4, 0.5) is 14.4 Å². The molecule has 1 aromatic carbocycles. The quantitative estimate of drug-likeness (QED) is 0.557. The molecule has 0 N–H and O–H groups in total. The van der Waals surface area contributed by atoms with E-state index in [-0.39, 0.29) is 13.0 Å². The molecule has 4 amide bonds. The molecule has 1 aromatic rings. The minimum Gasteiger partial charge on any atom is -0.442 e. The smallest absolute Gasteiger partial charge is 0.430 e. The summed E-state index contributed by atoms with van der Waals surface area (Å²) < 4.78 is 16.5. The molecular weight excluding hydrogens is 454 g/mol. The van der Waals surface area contributed by atoms with Crippen molar-refractivity contribution in [2.75, 3.05) is 6.54 Å². The zero-order valence-electron chi connectivity index (χ0n) is 21.4. The number of hydrogen-bond donors (Lipinski definition) is 0. The van der Waals surface area contributed by atoms with Crippen LogP contribution in [-0.2, 0) is 19.0 Å². The van der Waals surface area contributed by atoms with Crippen LogP contribution >= 0.6 is 0 Å². The number of carbonyl (C=O) groups excluding carboxylic acids is 4. The van der Waals surface area contributed by atoms with E-state index in [1.165, 1.54) is 0 Å². The van der Waals surface area contributed by atoms with Gasteiger partial charge in [0.25, 0.3) is 5.91 Å². The van der Waals surface area contributed by atoms with Gasteiger partial charge in [0, 0.05) is 6.54 Å². The van der Waals surface area contributed by atoms with Crippen LogP contribution in [0.3, 0.4) is 0 Å². The predicted octanol–water partition coefficient (Wildman–Crippen LogP) is 4.65. The van der Waals surface area contributed by atoms with Gasteiger partial charge in [0.15, 0.2) is 0 Å². The lowest BCUT2D eigenvalue weighted by Gasteiger charge is -2.44. The first-order valence-corrected chi connectivity index (χ1v) is 11.8. The molecule has 2 heterocycles. The molecule has 192 valence electrons. The number of ether oxygens (including phenoxy) is 3. The molecule has 3 atom stereocenters. The van der Waals surface area contributed by atoms with Crippen LogP contribution in [0.2, 0.25) is 0 Å². The number of nitrogens with zero attached hydrogens (tertiary/aromatic N) is 3. The zero-order chi connectivity index (χ0) is 26.1. The largest absolute Gasteiger partial charge is 0.442 e. The minimum absolute atomic E-state index is 0.157. The molecule has 3 rings (SSSR count). The Kier molecular flexibility index (Phi) is 7.33. The first-order valence-electron chi connectivity index (χ1n) is 11.8. The maximum atomic E-state index is 13.7. The zero-order valence-corrected chi connectivity index (χ0v) is 21.4. The van der Waals surface area contributed by atoms with Gasteiger partial charge >= 0.3 is 18.3 Å². The van der Waals surface area contributed by atoms with E-state index in [2.05, 4.69) is 0 Å². The maximum absolute atomic E-state index is 13.7. The molecule has 10 heteroatoms. The summed E-state index contributed by atoms with van der Waals surface area (Å²) in [6.07, 6.45) is -2.43. The van der Waals surface area contributed by atoms with Crippen molar-refractivity contribution >= 4 is 24.2 Å². The van der Waals surface area contributed by atoms with Gasteiger partial charge in [-0.15, -0.1) is 0 Å². The normalized spacial score (nSPS) is 23.1. The second-order valence-electron chi connectivity index (χ2n) is 10.8. The molecule has 2 saturated heterocycles. The Labute approximate surface area is 206 Å². The molecule has 0 saturated carbocycles. The second kappa shape index (κ2) is 9.75. The highest BCUT2D eigenvalue weighted by Gasteiger charge is 2.50. The molecule has 2 aliphatic rings. The van der Waals surface area contributed by atoms with Gasteiger partial charge in [-0.05, 0) is 66.9 Å². The highest BCUT2D eigenvalue weighted by molar-refractivity contribution is 5.98. The first-order chi connectivity index (χ1) is 16.2. The van der Waals surface area contributed by atoms with Crippen LogP contribution in [0.1, 0.15) is 73.0 Å². The summed E-state index contributed by atoms with van der Waals surface area (Å²) in [6.45, 7) is 12.1. The number of carbonyl (C=O) groups is 4. The van der Waals surface area contributed by atoms with Crippen LogP contribution in [-0.4, -0.2) is 68.9 Å². The van der Waals surface area contributed by atoms with Crippen molar-refractivity contribution in [3.05, 3.63) is 35.9 Å². The van der Waals surface area contributed by atoms with E-state index in [1.807, 2.05) is 30.3 Å². The van der Waals surface area contributed by atoms with Crippen LogP contribution in [0.25, 0.3) is 0 Å². The maximum Gasteiger partial charge on any atom is 0.430 e. The molecule has 0 radical (unpaired) electrons. The number of hydrazine groups is 1. The standard InChI is InChI=1S/C25H35N3O7/c1-16-19(17-12-9-8-10-13-17)33-22(31)27(16)20(29)18-14-11-15-26(21(30)34-24(2,3)4)28(18)23(32)35-25(5,6)7/h8-10,12-13,16,18-19H,11,14-15H2,1-7H3/t16-,18-,19-/m0/s1. The van der Waals surface area contributed by atoms with E-state index in [1.54, 1.807) is 48.5 Å². The van der Waals surface area contributed by atoms with Crippen LogP contribution in [0, 0.1) is 0 Å². The van der Waals surface area contributed by atoms with Crippen LogP contribution in [0.15, 0.2) is 30.3 Å². The fraction of sp³-hybridized carbons (Fsp3) is 0.600. The third-order valence-corrected chi connectivity index (χ3v) is 5.51. The average Bonchev–Trinajstić information content (AvgIpc) is 3.04. The van der Waals surface area contributed by atoms with Gasteiger partial charge in [0.2, 0.25) is 0 Å². The van der Waals surface area contributed by atoms with Crippen molar-refractivity contribution in [2.45, 2.75) is 90.7 Å². The number of benzene rings is 1. The average molecular weight is 490 g/mol. The van der Waals surface area contributed by atoms with Crippen molar-refractivity contribution in [1.82, 2.24) is 14.9 Å². The van der Waals surface area contributed by atoms with Gasteiger partial charge in [-0.25, -0.2) is 29.3 Å². The summed E-state index contributed by atoms with van der Waals surface area (Å²) in [5.74, 6) is -0.639. The van der Waals surface area contributed by atoms with Crippen molar-refractivity contribution in [3.8, 4) is 0 Å². The molecule has 0 unspecified atom stereocenters. The third-order valence-electron chi connectivity index (χ3n) is 5.51. The van der Waals surface area contributed by atoms with Crippen LogP contribution < -0.4 is 0 Å². The topological polar surface area (TPSA) is 106 Å². The molecule has 0 spiro atoms. The lowest BCUT2D eigenvalue weighted by Crippen LogP contribution is -2.64. The predicted molar refractivity (Wildman–Crippen MR) is 126 cm³/mol. The number of hydrogen-bond acceptors (Lipinski definition) is 7. The summed E-state index contributed by atoms with van der Waals surface area (Å²) in [6, 6.07) is 7.38. The van der Waals surface area contributed by atoms with Crippen molar-refractivity contribution < 1.29 is 33.4 Å². The van der Waals surface area contributed by atoms with E-state index in [4.69, 9.17) is 14.2 Å². The van der Waals surface area contributed by atoms with Gasteiger partial charge in [0.1, 0.15) is 23.3 Å². The summed E-state index contributed by atoms with van der Waals surface area (Å²) in [4.78, 5) is 53.8. The second-order valence-corrected chi connectivity index (χ2v) is 10.8. The minimum atomic E-state index is -1.14. The Bertz CT molecular complexity index is 968. The van der Waals surface area contributed by atoms with E-state index < -0.39 is 53.6 Å². The van der Waals surface area contributed by atoms with Gasteiger partial charge in [-0.1, -0.05) is 30.3 Å². The number of amides is 4. The van der Waals surface area contributed by atoms with Gasteiger partial charge in [-0.2, -0.15) is 0 Å². The number of imide groups is 1. The Morgan fingerprint density at radius 2 is 1.51 bits per heavy atom. The highest BCUT2D eigenvalue weighted by Crippen LogP contribution is 2.34. The van der Waals surface area contributed by atoms with E-state index >= 15 is 0 Å². The summed E-state index contributed by atoms with van der Waals surface area (Å²) in [7, 11) is 0. The van der Waals surface area contributed by atoms with Crippen molar-refractivity contribution in [2.24, 2.45) is 0 Å². The van der Waals surface area contributed by atoms with Gasteiger partial charge in [-0.3, -0.25) is 4.79 Å². The molecular formula is C25H35N3O7. The number of rotatable bonds is 2. The first kappa shape index (κ1) is 26.3. The lowest BCUT2D eigenvalue weighted by molar-refractivity contribution is -0.147. The fourth-order valence-corrected chi connectivity index (χ4v) is 4.10. The summed E-state index contributed by atoms with van der Waals surface area (Å²) >= 11 is 0. The summed E-state index contributed by atoms with van der Waals surface area (Å²) in [5.41, 5.74) is -0.934. The molecule has 2 fully saturated rings. The molecule has 35 heavy (non-hydrogen) atoms. The molecule has 0 bridgehead atoms. The van der Waals surface area contributed by atoms with E-state index in [9.17, 15) is 19.2 Å². The number of cyclic esters (lactones) is 1. The molecule has 0 aliphatic carbocycles. The molecule has 0 aromatic heterocycles. The lowest BCUT2D eigenvalue weighted by atomic mass is 10.0. The van der Waals surface area contributed by atoms with Crippen molar-refractivity contribution in [3.63, 3.8) is 0 Å². The van der Waals surface area contributed by atoms with Crippen molar-refractivity contribution in [1.29, 1.82) is 0 Å². The molecule has 10 nitrogen and oxygen atoms in total. The van der Waals surface area contributed by atoms with E-state index in [0.29, 0.717) is 6.42 Å². The van der Waals surface area contributed by atoms with Gasteiger partial charge < -0.3 is 14.2 Å². The Balaban J connectivity index is 1.92. The Morgan fingerprint density at radius 1 is 0.943 bits per heavy atom. The summed E-state index contributed by atoms with van der Waals surface area (Å²) in [5, 5.41) is 2.08.